The van der Waals surface area contributed by atoms with Crippen LogP contribution in [0.25, 0.3) is 0 Å². The van der Waals surface area contributed by atoms with Crippen molar-refractivity contribution in [2.75, 3.05) is 6.54 Å². The van der Waals surface area contributed by atoms with Gasteiger partial charge in [-0.3, -0.25) is 4.79 Å². The summed E-state index contributed by atoms with van der Waals surface area (Å²) >= 11 is 0. The summed E-state index contributed by atoms with van der Waals surface area (Å²) in [6.45, 7) is 7.50. The summed E-state index contributed by atoms with van der Waals surface area (Å²) in [4.78, 5) is 12.0. The predicted octanol–water partition coefficient (Wildman–Crippen LogP) is 2.69. The van der Waals surface area contributed by atoms with Gasteiger partial charge in [-0.2, -0.15) is 0 Å². The Morgan fingerprint density at radius 3 is 2.61 bits per heavy atom. The first-order valence-corrected chi connectivity index (χ1v) is 7.52. The smallest absolute Gasteiger partial charge is 0.223 e. The van der Waals surface area contributed by atoms with Gasteiger partial charge in [-0.15, -0.1) is 0 Å². The molecule has 1 fully saturated rings. The molecule has 1 aliphatic carbocycles. The van der Waals surface area contributed by atoms with Crippen molar-refractivity contribution in [3.8, 4) is 0 Å². The zero-order valence-electron chi connectivity index (χ0n) is 12.2. The van der Waals surface area contributed by atoms with E-state index < -0.39 is 0 Å². The van der Waals surface area contributed by atoms with E-state index in [4.69, 9.17) is 5.73 Å². The minimum absolute atomic E-state index is 0.147. The van der Waals surface area contributed by atoms with Crippen molar-refractivity contribution in [2.24, 2.45) is 23.5 Å². The van der Waals surface area contributed by atoms with Crippen LogP contribution in [0.4, 0.5) is 0 Å². The quantitative estimate of drug-likeness (QED) is 0.716. The van der Waals surface area contributed by atoms with E-state index in [9.17, 15) is 4.79 Å². The Morgan fingerprint density at radius 1 is 1.28 bits per heavy atom. The second-order valence-corrected chi connectivity index (χ2v) is 6.45. The highest BCUT2D eigenvalue weighted by Gasteiger charge is 2.28. The number of nitrogens with one attached hydrogen (secondary N) is 1. The minimum Gasteiger partial charge on any atom is -0.356 e. The molecule has 3 N–H and O–H groups in total. The van der Waals surface area contributed by atoms with E-state index in [2.05, 4.69) is 26.1 Å². The third-order valence-electron chi connectivity index (χ3n) is 3.86. The standard InChI is InChI=1S/C15H30N2O/c1-11(2)6-4-5-7-17-15(18)13-8-12(3)9-14(16)10-13/h11-14H,4-10,16H2,1-3H3,(H,17,18). The van der Waals surface area contributed by atoms with Crippen molar-refractivity contribution in [3.63, 3.8) is 0 Å². The number of unbranched alkanes of at least 4 members (excludes halogenated alkanes) is 1. The highest BCUT2D eigenvalue weighted by molar-refractivity contribution is 5.78. The summed E-state index contributed by atoms with van der Waals surface area (Å²) in [5.74, 6) is 1.72. The molecule has 0 spiro atoms. The molecule has 0 aromatic carbocycles. The molecule has 3 nitrogen and oxygen atoms in total. The maximum Gasteiger partial charge on any atom is 0.223 e. The van der Waals surface area contributed by atoms with Crippen LogP contribution >= 0.6 is 0 Å². The Kier molecular flexibility index (Phi) is 6.69. The van der Waals surface area contributed by atoms with Gasteiger partial charge in [0.25, 0.3) is 0 Å². The molecule has 3 heteroatoms. The largest absolute Gasteiger partial charge is 0.356 e. The van der Waals surface area contributed by atoms with Crippen molar-refractivity contribution in [2.45, 2.75) is 65.3 Å². The van der Waals surface area contributed by atoms with Crippen molar-refractivity contribution in [3.05, 3.63) is 0 Å². The monoisotopic (exact) mass is 254 g/mol. The molecule has 1 amide bonds. The van der Waals surface area contributed by atoms with Gasteiger partial charge < -0.3 is 11.1 Å². The second-order valence-electron chi connectivity index (χ2n) is 6.45. The molecule has 0 bridgehead atoms. The number of hydrogen-bond acceptors (Lipinski definition) is 2. The number of hydrogen-bond donors (Lipinski definition) is 2. The first-order valence-electron chi connectivity index (χ1n) is 7.52. The van der Waals surface area contributed by atoms with Crippen molar-refractivity contribution >= 4 is 5.91 Å². The number of carbonyl (C=O) groups is 1. The fraction of sp³-hybridized carbons (Fsp3) is 0.933. The molecule has 0 aliphatic heterocycles. The molecule has 18 heavy (non-hydrogen) atoms. The Balaban J connectivity index is 2.16. The average molecular weight is 254 g/mol. The van der Waals surface area contributed by atoms with Crippen molar-refractivity contribution < 1.29 is 4.79 Å². The van der Waals surface area contributed by atoms with E-state index in [1.54, 1.807) is 0 Å². The Labute approximate surface area is 112 Å². The van der Waals surface area contributed by atoms with Gasteiger partial charge in [0, 0.05) is 18.5 Å². The van der Waals surface area contributed by atoms with Crippen LogP contribution in [0.2, 0.25) is 0 Å². The highest BCUT2D eigenvalue weighted by atomic mass is 16.1. The van der Waals surface area contributed by atoms with Crippen LogP contribution in [0.15, 0.2) is 0 Å². The van der Waals surface area contributed by atoms with Crippen LogP contribution in [0.5, 0.6) is 0 Å². The molecule has 3 atom stereocenters. The summed E-state index contributed by atoms with van der Waals surface area (Å²) in [6.07, 6.45) is 6.49. The molecule has 106 valence electrons. The van der Waals surface area contributed by atoms with Gasteiger partial charge in [-0.25, -0.2) is 0 Å². The molecule has 3 unspecified atom stereocenters. The van der Waals surface area contributed by atoms with Crippen LogP contribution in [0.3, 0.4) is 0 Å². The van der Waals surface area contributed by atoms with Crippen LogP contribution < -0.4 is 11.1 Å². The number of carbonyl (C=O) groups excluding carboxylic acids is 1. The Hall–Kier alpha value is -0.570. The van der Waals surface area contributed by atoms with Gasteiger partial charge in [0.15, 0.2) is 0 Å². The van der Waals surface area contributed by atoms with Gasteiger partial charge in [0.2, 0.25) is 5.91 Å². The van der Waals surface area contributed by atoms with E-state index in [1.165, 1.54) is 12.8 Å². The lowest BCUT2D eigenvalue weighted by molar-refractivity contribution is -0.126. The number of rotatable bonds is 6. The molecular formula is C15H30N2O. The maximum atomic E-state index is 12.0. The summed E-state index contributed by atoms with van der Waals surface area (Å²) in [5.41, 5.74) is 5.98. The van der Waals surface area contributed by atoms with Crippen molar-refractivity contribution in [1.82, 2.24) is 5.32 Å². The first kappa shape index (κ1) is 15.5. The summed E-state index contributed by atoms with van der Waals surface area (Å²) in [6, 6.07) is 0.213. The van der Waals surface area contributed by atoms with Gasteiger partial charge in [-0.1, -0.05) is 33.6 Å². The number of amides is 1. The SMILES string of the molecule is CC(C)CCCCNC(=O)C1CC(C)CC(N)C1. The lowest BCUT2D eigenvalue weighted by atomic mass is 9.79. The molecule has 0 radical (unpaired) electrons. The van der Waals surface area contributed by atoms with Crippen LogP contribution in [0.1, 0.15) is 59.3 Å². The summed E-state index contributed by atoms with van der Waals surface area (Å²) < 4.78 is 0. The second kappa shape index (κ2) is 7.78. The number of nitrogens with two attached hydrogens (primary N) is 1. The van der Waals surface area contributed by atoms with Crippen LogP contribution in [0, 0.1) is 17.8 Å². The van der Waals surface area contributed by atoms with E-state index in [0.717, 1.165) is 38.1 Å². The molecular weight excluding hydrogens is 224 g/mol. The van der Waals surface area contributed by atoms with Gasteiger partial charge in [0.1, 0.15) is 0 Å². The molecule has 1 aliphatic rings. The van der Waals surface area contributed by atoms with Gasteiger partial charge >= 0.3 is 0 Å². The molecule has 1 rings (SSSR count). The van der Waals surface area contributed by atoms with Crippen LogP contribution in [-0.2, 0) is 4.79 Å². The molecule has 0 aromatic heterocycles. The normalized spacial score (nSPS) is 28.4. The lowest BCUT2D eigenvalue weighted by Gasteiger charge is -2.30. The van der Waals surface area contributed by atoms with E-state index in [1.807, 2.05) is 0 Å². The van der Waals surface area contributed by atoms with Gasteiger partial charge in [-0.05, 0) is 37.5 Å². The zero-order chi connectivity index (χ0) is 13.5. The van der Waals surface area contributed by atoms with E-state index in [0.29, 0.717) is 5.92 Å². The third kappa shape index (κ3) is 5.85. The molecule has 0 saturated heterocycles. The average Bonchev–Trinajstić information content (AvgIpc) is 2.26. The van der Waals surface area contributed by atoms with E-state index >= 15 is 0 Å². The van der Waals surface area contributed by atoms with Crippen molar-refractivity contribution in [1.29, 1.82) is 0 Å². The van der Waals surface area contributed by atoms with Crippen LogP contribution in [-0.4, -0.2) is 18.5 Å². The highest BCUT2D eigenvalue weighted by Crippen LogP contribution is 2.28. The topological polar surface area (TPSA) is 55.1 Å². The van der Waals surface area contributed by atoms with Gasteiger partial charge in [0.05, 0.1) is 0 Å². The minimum atomic E-state index is 0.147. The molecule has 1 saturated carbocycles. The Bertz CT molecular complexity index is 243. The fourth-order valence-corrected chi connectivity index (χ4v) is 2.90. The summed E-state index contributed by atoms with van der Waals surface area (Å²) in [7, 11) is 0. The predicted molar refractivity (Wildman–Crippen MR) is 76.2 cm³/mol. The zero-order valence-corrected chi connectivity index (χ0v) is 12.2. The third-order valence-corrected chi connectivity index (χ3v) is 3.86. The fourth-order valence-electron chi connectivity index (χ4n) is 2.90. The Morgan fingerprint density at radius 2 is 2.00 bits per heavy atom. The first-order chi connectivity index (χ1) is 8.49. The lowest BCUT2D eigenvalue weighted by Crippen LogP contribution is -2.40. The van der Waals surface area contributed by atoms with E-state index in [-0.39, 0.29) is 17.9 Å². The summed E-state index contributed by atoms with van der Waals surface area (Å²) in [5, 5.41) is 3.07. The maximum absolute atomic E-state index is 12.0. The molecule has 0 heterocycles. The molecule has 0 aromatic rings.